The van der Waals surface area contributed by atoms with E-state index in [-0.39, 0.29) is 5.91 Å². The molecule has 112 valence electrons. The topological polar surface area (TPSA) is 77.0 Å². The van der Waals surface area contributed by atoms with E-state index in [1.807, 2.05) is 12.1 Å². The lowest BCUT2D eigenvalue weighted by atomic mass is 10.1. The Hall–Kier alpha value is -2.21. The maximum Gasteiger partial charge on any atom is 0.276 e. The monoisotopic (exact) mass is 287 g/mol. The van der Waals surface area contributed by atoms with Gasteiger partial charge in [-0.2, -0.15) is 0 Å². The predicted molar refractivity (Wildman–Crippen MR) is 80.7 cm³/mol. The van der Waals surface area contributed by atoms with Crippen LogP contribution in [-0.2, 0) is 19.5 Å². The minimum absolute atomic E-state index is 0.141. The van der Waals surface area contributed by atoms with Gasteiger partial charge in [0.1, 0.15) is 0 Å². The summed E-state index contributed by atoms with van der Waals surface area (Å²) in [5.41, 5.74) is 8.18. The van der Waals surface area contributed by atoms with Crippen LogP contribution in [0.2, 0.25) is 0 Å². The third-order valence-electron chi connectivity index (χ3n) is 3.31. The van der Waals surface area contributed by atoms with Crippen molar-refractivity contribution in [3.05, 3.63) is 47.3 Å². The second kappa shape index (κ2) is 6.99. The third-order valence-corrected chi connectivity index (χ3v) is 3.31. The van der Waals surface area contributed by atoms with Crippen LogP contribution >= 0.6 is 0 Å². The van der Waals surface area contributed by atoms with Crippen LogP contribution in [0.3, 0.4) is 0 Å². The van der Waals surface area contributed by atoms with Gasteiger partial charge >= 0.3 is 0 Å². The van der Waals surface area contributed by atoms with Crippen molar-refractivity contribution in [2.75, 3.05) is 13.6 Å². The van der Waals surface area contributed by atoms with Gasteiger partial charge < -0.3 is 10.6 Å². The molecular formula is C15H21N5O. The molecule has 1 aromatic heterocycles. The number of amides is 1. The molecule has 0 aliphatic carbocycles. The quantitative estimate of drug-likeness (QED) is 0.862. The normalized spacial score (nSPS) is 10.6. The van der Waals surface area contributed by atoms with Crippen molar-refractivity contribution in [2.24, 2.45) is 5.73 Å². The van der Waals surface area contributed by atoms with E-state index < -0.39 is 0 Å². The molecule has 2 rings (SSSR count). The van der Waals surface area contributed by atoms with Gasteiger partial charge in [-0.05, 0) is 17.5 Å². The molecule has 0 spiro atoms. The Bertz CT molecular complexity index is 590. The van der Waals surface area contributed by atoms with Crippen molar-refractivity contribution in [1.29, 1.82) is 0 Å². The molecule has 6 nitrogen and oxygen atoms in total. The first-order chi connectivity index (χ1) is 10.1. The van der Waals surface area contributed by atoms with Crippen molar-refractivity contribution >= 4 is 5.91 Å². The molecule has 1 heterocycles. The molecule has 21 heavy (non-hydrogen) atoms. The van der Waals surface area contributed by atoms with E-state index in [9.17, 15) is 4.79 Å². The summed E-state index contributed by atoms with van der Waals surface area (Å²) in [6.45, 7) is 3.70. The molecule has 0 saturated heterocycles. The van der Waals surface area contributed by atoms with Gasteiger partial charge in [-0.15, -0.1) is 5.10 Å². The first kappa shape index (κ1) is 15.2. The minimum atomic E-state index is -0.141. The molecule has 0 atom stereocenters. The fourth-order valence-corrected chi connectivity index (χ4v) is 2.06. The Morgan fingerprint density at radius 2 is 1.95 bits per heavy atom. The molecule has 1 aromatic carbocycles. The van der Waals surface area contributed by atoms with Crippen molar-refractivity contribution in [3.63, 3.8) is 0 Å². The Morgan fingerprint density at radius 1 is 1.29 bits per heavy atom. The van der Waals surface area contributed by atoms with Gasteiger partial charge in [0.25, 0.3) is 5.91 Å². The number of benzene rings is 1. The Kier molecular flexibility index (Phi) is 5.05. The van der Waals surface area contributed by atoms with Crippen LogP contribution in [0.25, 0.3) is 0 Å². The number of carbonyl (C=O) groups is 1. The number of hydrogen-bond donors (Lipinski definition) is 1. The summed E-state index contributed by atoms with van der Waals surface area (Å²) in [6.07, 6.45) is 2.64. The fraction of sp³-hybridized carbons (Fsp3) is 0.400. The SMILES string of the molecule is CCc1ccc(CN(C)C(=O)c2cn(CCN)nn2)cc1. The van der Waals surface area contributed by atoms with Crippen molar-refractivity contribution < 1.29 is 4.79 Å². The molecule has 0 aliphatic heterocycles. The van der Waals surface area contributed by atoms with Gasteiger partial charge in [0.2, 0.25) is 0 Å². The summed E-state index contributed by atoms with van der Waals surface area (Å²) in [5.74, 6) is -0.141. The van der Waals surface area contributed by atoms with Crippen LogP contribution in [0.4, 0.5) is 0 Å². The number of hydrogen-bond acceptors (Lipinski definition) is 4. The third kappa shape index (κ3) is 3.88. The number of aryl methyl sites for hydroxylation is 1. The van der Waals surface area contributed by atoms with E-state index in [1.54, 1.807) is 22.8 Å². The molecule has 0 unspecified atom stereocenters. The minimum Gasteiger partial charge on any atom is -0.336 e. The van der Waals surface area contributed by atoms with Gasteiger partial charge in [0.15, 0.2) is 5.69 Å². The number of carbonyl (C=O) groups excluding carboxylic acids is 1. The molecule has 0 aliphatic rings. The van der Waals surface area contributed by atoms with E-state index >= 15 is 0 Å². The van der Waals surface area contributed by atoms with Crippen LogP contribution < -0.4 is 5.73 Å². The maximum atomic E-state index is 12.3. The first-order valence-electron chi connectivity index (χ1n) is 7.07. The average Bonchev–Trinajstić information content (AvgIpc) is 2.96. The second-order valence-corrected chi connectivity index (χ2v) is 4.99. The highest BCUT2D eigenvalue weighted by Gasteiger charge is 2.15. The lowest BCUT2D eigenvalue weighted by Gasteiger charge is -2.15. The average molecular weight is 287 g/mol. The van der Waals surface area contributed by atoms with E-state index in [2.05, 4.69) is 29.4 Å². The highest BCUT2D eigenvalue weighted by atomic mass is 16.2. The zero-order valence-corrected chi connectivity index (χ0v) is 12.5. The van der Waals surface area contributed by atoms with Crippen LogP contribution in [0.15, 0.2) is 30.5 Å². The highest BCUT2D eigenvalue weighted by Crippen LogP contribution is 2.09. The van der Waals surface area contributed by atoms with Crippen LogP contribution in [0, 0.1) is 0 Å². The van der Waals surface area contributed by atoms with Crippen LogP contribution in [-0.4, -0.2) is 39.4 Å². The van der Waals surface area contributed by atoms with E-state index in [0.29, 0.717) is 25.3 Å². The Balaban J connectivity index is 2.00. The maximum absolute atomic E-state index is 12.3. The zero-order chi connectivity index (χ0) is 15.2. The van der Waals surface area contributed by atoms with Gasteiger partial charge in [0.05, 0.1) is 12.7 Å². The molecule has 0 fully saturated rings. The van der Waals surface area contributed by atoms with Gasteiger partial charge in [0, 0.05) is 20.1 Å². The summed E-state index contributed by atoms with van der Waals surface area (Å²) in [4.78, 5) is 13.9. The highest BCUT2D eigenvalue weighted by molar-refractivity contribution is 5.91. The van der Waals surface area contributed by atoms with E-state index in [0.717, 1.165) is 12.0 Å². The lowest BCUT2D eigenvalue weighted by molar-refractivity contribution is 0.0779. The van der Waals surface area contributed by atoms with Gasteiger partial charge in [-0.25, -0.2) is 0 Å². The number of rotatable bonds is 6. The Morgan fingerprint density at radius 3 is 2.57 bits per heavy atom. The zero-order valence-electron chi connectivity index (χ0n) is 12.5. The smallest absolute Gasteiger partial charge is 0.276 e. The first-order valence-corrected chi connectivity index (χ1v) is 7.07. The van der Waals surface area contributed by atoms with E-state index in [1.165, 1.54) is 5.56 Å². The molecule has 0 bridgehead atoms. The summed E-state index contributed by atoms with van der Waals surface area (Å²) in [6, 6.07) is 8.28. The predicted octanol–water partition coefficient (Wildman–Crippen LogP) is 1.07. The number of nitrogens with two attached hydrogens (primary N) is 1. The van der Waals surface area contributed by atoms with Gasteiger partial charge in [-0.1, -0.05) is 36.4 Å². The van der Waals surface area contributed by atoms with Crippen molar-refractivity contribution in [3.8, 4) is 0 Å². The number of nitrogens with zero attached hydrogens (tertiary/aromatic N) is 4. The molecule has 0 saturated carbocycles. The largest absolute Gasteiger partial charge is 0.336 e. The Labute approximate surface area is 124 Å². The van der Waals surface area contributed by atoms with E-state index in [4.69, 9.17) is 5.73 Å². The molecule has 2 N–H and O–H groups in total. The second-order valence-electron chi connectivity index (χ2n) is 4.99. The van der Waals surface area contributed by atoms with Crippen LogP contribution in [0.5, 0.6) is 0 Å². The summed E-state index contributed by atoms with van der Waals surface area (Å²) in [5, 5.41) is 7.77. The van der Waals surface area contributed by atoms with Crippen molar-refractivity contribution in [2.45, 2.75) is 26.4 Å². The summed E-state index contributed by atoms with van der Waals surface area (Å²) >= 11 is 0. The number of aromatic nitrogens is 3. The molecule has 6 heteroatoms. The summed E-state index contributed by atoms with van der Waals surface area (Å²) < 4.78 is 1.58. The lowest BCUT2D eigenvalue weighted by Crippen LogP contribution is -2.26. The molecule has 2 aromatic rings. The van der Waals surface area contributed by atoms with Crippen molar-refractivity contribution in [1.82, 2.24) is 19.9 Å². The van der Waals surface area contributed by atoms with Gasteiger partial charge in [-0.3, -0.25) is 9.48 Å². The standard InChI is InChI=1S/C15H21N5O/c1-3-12-4-6-13(7-5-12)10-19(2)15(21)14-11-20(9-8-16)18-17-14/h4-7,11H,3,8-10,16H2,1-2H3. The molecular weight excluding hydrogens is 266 g/mol. The summed E-state index contributed by atoms with van der Waals surface area (Å²) in [7, 11) is 1.76. The molecule has 1 amide bonds. The molecule has 0 radical (unpaired) electrons. The van der Waals surface area contributed by atoms with Crippen LogP contribution in [0.1, 0.15) is 28.5 Å². The fourth-order valence-electron chi connectivity index (χ4n) is 2.06.